The SMILES string of the molecule is Cc1c(-c2cnn(C)c2)nnc(N2CCCC(F)(F)CC2)c1C(=O)NC12CC(C(N)=O)(C1)C2. The number of nitrogens with zero attached hydrogens (tertiary/aromatic N) is 5. The van der Waals surface area contributed by atoms with Gasteiger partial charge in [-0.3, -0.25) is 14.3 Å². The minimum Gasteiger partial charge on any atom is -0.369 e. The van der Waals surface area contributed by atoms with Gasteiger partial charge in [0.1, 0.15) is 0 Å². The largest absolute Gasteiger partial charge is 0.369 e. The number of hydrogen-bond donors (Lipinski definition) is 2. The Balaban J connectivity index is 1.49. The molecule has 4 aliphatic rings. The molecule has 0 atom stereocenters. The van der Waals surface area contributed by atoms with Crippen molar-refractivity contribution in [3.63, 3.8) is 0 Å². The standard InChI is InChI=1S/C22H27F2N7O2/c1-13-15(18(32)27-21-10-20(11-21,12-21)19(25)33)17(31-6-3-4-22(23,24)5-7-31)29-28-16(13)14-8-26-30(2)9-14/h8-9H,3-7,10-12H2,1-2H3,(H2,25,33)(H,27,32). The first-order valence-corrected chi connectivity index (χ1v) is 11.1. The lowest BCUT2D eigenvalue weighted by Gasteiger charge is -2.68. The van der Waals surface area contributed by atoms with Crippen LogP contribution in [0.5, 0.6) is 0 Å². The Kier molecular flexibility index (Phi) is 4.74. The number of rotatable bonds is 5. The molecule has 3 saturated carbocycles. The van der Waals surface area contributed by atoms with Gasteiger partial charge < -0.3 is 16.0 Å². The third kappa shape index (κ3) is 3.53. The molecule has 2 aromatic heterocycles. The van der Waals surface area contributed by atoms with Crippen LogP contribution in [0.2, 0.25) is 0 Å². The molecule has 0 radical (unpaired) electrons. The third-order valence-corrected chi connectivity index (χ3v) is 7.35. The number of carbonyl (C=O) groups excluding carboxylic acids is 2. The summed E-state index contributed by atoms with van der Waals surface area (Å²) in [6.07, 6.45) is 4.81. The van der Waals surface area contributed by atoms with E-state index < -0.39 is 16.9 Å². The Hall–Kier alpha value is -3.11. The van der Waals surface area contributed by atoms with Crippen LogP contribution in [0.4, 0.5) is 14.6 Å². The van der Waals surface area contributed by atoms with Gasteiger partial charge in [0.05, 0.1) is 22.9 Å². The summed E-state index contributed by atoms with van der Waals surface area (Å²) in [5, 5.41) is 15.9. The maximum absolute atomic E-state index is 14.0. The Labute approximate surface area is 189 Å². The van der Waals surface area contributed by atoms with E-state index in [1.165, 1.54) is 0 Å². The Morgan fingerprint density at radius 2 is 1.88 bits per heavy atom. The molecule has 9 nitrogen and oxygen atoms in total. The highest BCUT2D eigenvalue weighted by atomic mass is 19.3. The van der Waals surface area contributed by atoms with E-state index in [0.717, 1.165) is 0 Å². The van der Waals surface area contributed by atoms with Crippen molar-refractivity contribution in [1.82, 2.24) is 25.3 Å². The van der Waals surface area contributed by atoms with Crippen LogP contribution in [0.25, 0.3) is 11.3 Å². The normalized spacial score (nSPS) is 27.8. The second-order valence-electron chi connectivity index (χ2n) is 9.88. The van der Waals surface area contributed by atoms with Gasteiger partial charge >= 0.3 is 0 Å². The van der Waals surface area contributed by atoms with Crippen molar-refractivity contribution < 1.29 is 18.4 Å². The molecular weight excluding hydrogens is 432 g/mol. The smallest absolute Gasteiger partial charge is 0.255 e. The number of nitrogens with two attached hydrogens (primary N) is 1. The second-order valence-corrected chi connectivity index (χ2v) is 9.88. The van der Waals surface area contributed by atoms with E-state index in [2.05, 4.69) is 20.6 Å². The van der Waals surface area contributed by atoms with Crippen molar-refractivity contribution in [2.24, 2.45) is 18.2 Å². The van der Waals surface area contributed by atoms with Crippen molar-refractivity contribution in [3.05, 3.63) is 23.5 Å². The molecule has 33 heavy (non-hydrogen) atoms. The van der Waals surface area contributed by atoms with Crippen molar-refractivity contribution >= 4 is 17.6 Å². The van der Waals surface area contributed by atoms with E-state index in [4.69, 9.17) is 5.73 Å². The fraction of sp³-hybridized carbons (Fsp3) is 0.591. The van der Waals surface area contributed by atoms with E-state index in [1.807, 2.05) is 0 Å². The van der Waals surface area contributed by atoms with Crippen LogP contribution in [0, 0.1) is 12.3 Å². The van der Waals surface area contributed by atoms with Crippen LogP contribution in [0.3, 0.4) is 0 Å². The van der Waals surface area contributed by atoms with Gasteiger partial charge in [-0.2, -0.15) is 5.10 Å². The highest BCUT2D eigenvalue weighted by molar-refractivity contribution is 6.02. The maximum atomic E-state index is 14.0. The molecule has 3 heterocycles. The Morgan fingerprint density at radius 1 is 1.15 bits per heavy atom. The van der Waals surface area contributed by atoms with Crippen LogP contribution in [-0.4, -0.2) is 56.3 Å². The van der Waals surface area contributed by atoms with E-state index in [9.17, 15) is 18.4 Å². The molecule has 2 aromatic rings. The zero-order chi connectivity index (χ0) is 23.6. The number of amides is 2. The van der Waals surface area contributed by atoms with Gasteiger partial charge in [-0.05, 0) is 38.2 Å². The Morgan fingerprint density at radius 3 is 2.52 bits per heavy atom. The molecule has 4 fully saturated rings. The molecule has 0 unspecified atom stereocenters. The van der Waals surface area contributed by atoms with Gasteiger partial charge in [-0.25, -0.2) is 8.78 Å². The van der Waals surface area contributed by atoms with Gasteiger partial charge in [0.25, 0.3) is 5.91 Å². The average molecular weight is 460 g/mol. The zero-order valence-corrected chi connectivity index (χ0v) is 18.7. The maximum Gasteiger partial charge on any atom is 0.255 e. The summed E-state index contributed by atoms with van der Waals surface area (Å²) >= 11 is 0. The quantitative estimate of drug-likeness (QED) is 0.706. The molecule has 2 amide bonds. The molecule has 0 aromatic carbocycles. The zero-order valence-electron chi connectivity index (χ0n) is 18.7. The summed E-state index contributed by atoms with van der Waals surface area (Å²) in [6, 6.07) is 0. The Bertz CT molecular complexity index is 1130. The first-order chi connectivity index (χ1) is 15.5. The highest BCUT2D eigenvalue weighted by Crippen LogP contribution is 2.67. The molecule has 6 rings (SSSR count). The van der Waals surface area contributed by atoms with Crippen molar-refractivity contribution in [2.45, 2.75) is 56.9 Å². The van der Waals surface area contributed by atoms with Crippen LogP contribution in [0.1, 0.15) is 54.4 Å². The molecule has 0 spiro atoms. The number of aryl methyl sites for hydroxylation is 1. The summed E-state index contributed by atoms with van der Waals surface area (Å²) in [4.78, 5) is 26.9. The van der Waals surface area contributed by atoms with E-state index >= 15 is 0 Å². The molecule has 1 aliphatic heterocycles. The van der Waals surface area contributed by atoms with Gasteiger partial charge in [-0.1, -0.05) is 0 Å². The number of nitrogens with one attached hydrogen (secondary N) is 1. The molecule has 11 heteroatoms. The van der Waals surface area contributed by atoms with Gasteiger partial charge in [0.2, 0.25) is 11.8 Å². The summed E-state index contributed by atoms with van der Waals surface area (Å²) in [5.74, 6) is -3.09. The molecule has 176 valence electrons. The molecule has 3 N–H and O–H groups in total. The van der Waals surface area contributed by atoms with E-state index in [0.29, 0.717) is 60.4 Å². The number of anilines is 1. The van der Waals surface area contributed by atoms with Crippen LogP contribution in [-0.2, 0) is 11.8 Å². The van der Waals surface area contributed by atoms with E-state index in [-0.39, 0.29) is 31.2 Å². The predicted octanol–water partition coefficient (Wildman–Crippen LogP) is 1.95. The lowest BCUT2D eigenvalue weighted by atomic mass is 9.39. The lowest BCUT2D eigenvalue weighted by molar-refractivity contribution is -0.174. The van der Waals surface area contributed by atoms with Crippen molar-refractivity contribution in [2.75, 3.05) is 18.0 Å². The third-order valence-electron chi connectivity index (χ3n) is 7.35. The van der Waals surface area contributed by atoms with Crippen LogP contribution >= 0.6 is 0 Å². The highest BCUT2D eigenvalue weighted by Gasteiger charge is 2.71. The molecule has 2 bridgehead atoms. The summed E-state index contributed by atoms with van der Waals surface area (Å²) in [7, 11) is 1.78. The fourth-order valence-corrected chi connectivity index (χ4v) is 5.58. The number of carbonyl (C=O) groups is 2. The second kappa shape index (κ2) is 7.19. The van der Waals surface area contributed by atoms with Crippen LogP contribution in [0.15, 0.2) is 12.4 Å². The predicted molar refractivity (Wildman–Crippen MR) is 116 cm³/mol. The minimum absolute atomic E-state index is 0.0869. The average Bonchev–Trinajstić information content (AvgIpc) is 3.02. The van der Waals surface area contributed by atoms with Crippen molar-refractivity contribution in [3.8, 4) is 11.3 Å². The van der Waals surface area contributed by atoms with Gasteiger partial charge in [0, 0.05) is 50.3 Å². The number of alkyl halides is 2. The van der Waals surface area contributed by atoms with Crippen LogP contribution < -0.4 is 16.0 Å². The topological polar surface area (TPSA) is 119 Å². The summed E-state index contributed by atoms with van der Waals surface area (Å²) in [5.41, 5.74) is 6.71. The lowest BCUT2D eigenvalue weighted by Crippen LogP contribution is -2.78. The van der Waals surface area contributed by atoms with Gasteiger partial charge in [0.15, 0.2) is 5.82 Å². The van der Waals surface area contributed by atoms with Crippen molar-refractivity contribution in [1.29, 1.82) is 0 Å². The number of aromatic nitrogens is 4. The number of halogens is 2. The summed E-state index contributed by atoms with van der Waals surface area (Å²) in [6.45, 7) is 2.24. The molecule has 3 aliphatic carbocycles. The number of hydrogen-bond acceptors (Lipinski definition) is 6. The monoisotopic (exact) mass is 459 g/mol. The fourth-order valence-electron chi connectivity index (χ4n) is 5.58. The molecular formula is C22H27F2N7O2. The van der Waals surface area contributed by atoms with Gasteiger partial charge in [-0.15, -0.1) is 10.2 Å². The first-order valence-electron chi connectivity index (χ1n) is 11.1. The minimum atomic E-state index is -2.73. The number of primary amides is 1. The van der Waals surface area contributed by atoms with E-state index in [1.54, 1.807) is 35.9 Å². The molecule has 1 saturated heterocycles. The first kappa shape index (κ1) is 21.7. The summed E-state index contributed by atoms with van der Waals surface area (Å²) < 4.78 is 29.6.